The Hall–Kier alpha value is -3.42. The summed E-state index contributed by atoms with van der Waals surface area (Å²) in [5.41, 5.74) is -0.290. The largest absolute Gasteiger partial charge is 0.417 e. The smallest absolute Gasteiger partial charge is 0.369 e. The third kappa shape index (κ3) is 4.93. The van der Waals surface area contributed by atoms with E-state index >= 15 is 0 Å². The van der Waals surface area contributed by atoms with Crippen molar-refractivity contribution in [1.29, 1.82) is 0 Å². The monoisotopic (exact) mass is 534 g/mol. The zero-order valence-corrected chi connectivity index (χ0v) is 20.7. The molecule has 1 saturated heterocycles. The van der Waals surface area contributed by atoms with E-state index in [1.54, 1.807) is 18.2 Å². The predicted molar refractivity (Wildman–Crippen MR) is 131 cm³/mol. The molecule has 0 aliphatic carbocycles. The van der Waals surface area contributed by atoms with Crippen LogP contribution < -0.4 is 10.2 Å². The number of anilines is 2. The quantitative estimate of drug-likeness (QED) is 0.522. The van der Waals surface area contributed by atoms with E-state index in [2.05, 4.69) is 20.4 Å². The lowest BCUT2D eigenvalue weighted by molar-refractivity contribution is -0.137. The maximum absolute atomic E-state index is 14.0. The number of alkyl halides is 3. The molecule has 0 radical (unpaired) electrons. The van der Waals surface area contributed by atoms with E-state index in [1.165, 1.54) is 28.6 Å². The number of hydrogen-bond donors (Lipinski definition) is 2. The fourth-order valence-electron chi connectivity index (χ4n) is 4.53. The predicted octanol–water partition coefficient (Wildman–Crippen LogP) is 3.14. The van der Waals surface area contributed by atoms with Gasteiger partial charge in [0.1, 0.15) is 0 Å². The number of aromatic nitrogens is 2. The number of sulfonamides is 1. The van der Waals surface area contributed by atoms with Gasteiger partial charge in [0.05, 0.1) is 28.3 Å². The molecule has 2 aliphatic rings. The van der Waals surface area contributed by atoms with Gasteiger partial charge in [-0.2, -0.15) is 22.6 Å². The highest BCUT2D eigenvalue weighted by Crippen LogP contribution is 2.36. The summed E-state index contributed by atoms with van der Waals surface area (Å²) < 4.78 is 69.0. The van der Waals surface area contributed by atoms with Gasteiger partial charge >= 0.3 is 6.18 Å². The lowest BCUT2D eigenvalue weighted by Crippen LogP contribution is -2.44. The molecule has 13 heteroatoms. The topological polar surface area (TPSA) is 102 Å². The van der Waals surface area contributed by atoms with E-state index in [4.69, 9.17) is 0 Å². The minimum Gasteiger partial charge on any atom is -0.369 e. The average Bonchev–Trinajstić information content (AvgIpc) is 3.47. The molecule has 1 amide bonds. The second-order valence-electron chi connectivity index (χ2n) is 9.09. The molecule has 2 aliphatic heterocycles. The fraction of sp³-hybridized carbons (Fsp3) is 0.333. The number of rotatable bonds is 5. The molecule has 2 aromatic carbocycles. The number of likely N-dealkylation sites (N-methyl/N-ethyl adjacent to an activating group) is 1. The number of hydrogen-bond acceptors (Lipinski definition) is 6. The first-order valence-corrected chi connectivity index (χ1v) is 13.1. The zero-order valence-electron chi connectivity index (χ0n) is 19.9. The Kier molecular flexibility index (Phi) is 6.46. The Bertz CT molecular complexity index is 1420. The van der Waals surface area contributed by atoms with Crippen molar-refractivity contribution in [2.45, 2.75) is 24.2 Å². The third-order valence-electron chi connectivity index (χ3n) is 6.66. The lowest BCUT2D eigenvalue weighted by Gasteiger charge is -2.34. The molecule has 1 fully saturated rings. The van der Waals surface area contributed by atoms with Crippen LogP contribution in [0.1, 0.15) is 27.2 Å². The second kappa shape index (κ2) is 9.47. The molecule has 2 N–H and O–H groups in total. The van der Waals surface area contributed by atoms with E-state index in [9.17, 15) is 26.4 Å². The normalized spacial score (nSPS) is 17.1. The first-order valence-electron chi connectivity index (χ1n) is 11.6. The van der Waals surface area contributed by atoms with Crippen molar-refractivity contribution in [3.8, 4) is 0 Å². The molecule has 0 unspecified atom stereocenters. The number of nitrogens with zero attached hydrogens (tertiary/aromatic N) is 4. The van der Waals surface area contributed by atoms with E-state index in [0.717, 1.165) is 19.2 Å². The van der Waals surface area contributed by atoms with Crippen molar-refractivity contribution in [1.82, 2.24) is 19.4 Å². The highest BCUT2D eigenvalue weighted by atomic mass is 32.2. The van der Waals surface area contributed by atoms with Crippen LogP contribution in [0.3, 0.4) is 0 Å². The van der Waals surface area contributed by atoms with Crippen molar-refractivity contribution < 1.29 is 26.4 Å². The maximum atomic E-state index is 14.0. The van der Waals surface area contributed by atoms with Crippen molar-refractivity contribution >= 4 is 27.4 Å². The Labute approximate surface area is 211 Å². The standard InChI is InChI=1S/C24H25F3N6O3S/c1-31-9-11-32(12-10-31)16-7-8-18(20(13-16)24(25,26)27)23(34)28-22-19-14-33(15-21(19)29-30-22)37(35,36)17-5-3-2-4-6-17/h2-8,13H,9-12,14-15H2,1H3,(H2,28,29,30,34). The zero-order chi connectivity index (χ0) is 26.4. The van der Waals surface area contributed by atoms with Crippen LogP contribution in [0.15, 0.2) is 53.4 Å². The van der Waals surface area contributed by atoms with Gasteiger partial charge in [-0.1, -0.05) is 18.2 Å². The Morgan fingerprint density at radius 3 is 2.41 bits per heavy atom. The van der Waals surface area contributed by atoms with E-state index in [1.807, 2.05) is 11.9 Å². The maximum Gasteiger partial charge on any atom is 0.417 e. The molecule has 196 valence electrons. The van der Waals surface area contributed by atoms with E-state index in [-0.39, 0.29) is 23.8 Å². The number of amides is 1. The number of aromatic amines is 1. The molecule has 0 bridgehead atoms. The molecule has 1 aromatic heterocycles. The molecule has 0 saturated carbocycles. The molecule has 3 heterocycles. The number of carbonyl (C=O) groups excluding carboxylic acids is 1. The van der Waals surface area contributed by atoms with Crippen LogP contribution in [0.5, 0.6) is 0 Å². The van der Waals surface area contributed by atoms with Gasteiger partial charge in [0, 0.05) is 44.0 Å². The summed E-state index contributed by atoms with van der Waals surface area (Å²) in [4.78, 5) is 17.1. The van der Waals surface area contributed by atoms with Crippen molar-refractivity contribution in [3.63, 3.8) is 0 Å². The van der Waals surface area contributed by atoms with Crippen LogP contribution >= 0.6 is 0 Å². The van der Waals surface area contributed by atoms with Gasteiger partial charge in [0.15, 0.2) is 5.82 Å². The Morgan fingerprint density at radius 1 is 1.03 bits per heavy atom. The van der Waals surface area contributed by atoms with Crippen LogP contribution in [0, 0.1) is 0 Å². The first-order chi connectivity index (χ1) is 17.5. The Balaban J connectivity index is 1.37. The molecule has 9 nitrogen and oxygen atoms in total. The summed E-state index contributed by atoms with van der Waals surface area (Å²) in [6.07, 6.45) is -4.75. The molecule has 3 aromatic rings. The lowest BCUT2D eigenvalue weighted by atomic mass is 10.0. The van der Waals surface area contributed by atoms with Gasteiger partial charge < -0.3 is 15.1 Å². The highest BCUT2D eigenvalue weighted by molar-refractivity contribution is 7.89. The summed E-state index contributed by atoms with van der Waals surface area (Å²) >= 11 is 0. The summed E-state index contributed by atoms with van der Waals surface area (Å²) in [5.74, 6) is -0.974. The van der Waals surface area contributed by atoms with Gasteiger partial charge in [-0.15, -0.1) is 0 Å². The van der Waals surface area contributed by atoms with Crippen LogP contribution in [0.2, 0.25) is 0 Å². The first kappa shape index (κ1) is 25.2. The summed E-state index contributed by atoms with van der Waals surface area (Å²) in [6.45, 7) is 2.55. The van der Waals surface area contributed by atoms with Gasteiger partial charge in [0.25, 0.3) is 5.91 Å². The molecule has 0 spiro atoms. The van der Waals surface area contributed by atoms with Gasteiger partial charge in [-0.25, -0.2) is 8.42 Å². The van der Waals surface area contributed by atoms with Gasteiger partial charge in [0.2, 0.25) is 10.0 Å². The molecule has 37 heavy (non-hydrogen) atoms. The number of nitrogens with one attached hydrogen (secondary N) is 2. The summed E-state index contributed by atoms with van der Waals surface area (Å²) in [6, 6.07) is 11.6. The molecule has 5 rings (SSSR count). The van der Waals surface area contributed by atoms with E-state index < -0.39 is 33.2 Å². The fourth-order valence-corrected chi connectivity index (χ4v) is 5.92. The number of H-pyrrole nitrogens is 1. The Morgan fingerprint density at radius 2 is 1.73 bits per heavy atom. The number of carbonyl (C=O) groups is 1. The number of piperazine rings is 1. The minimum atomic E-state index is -4.75. The summed E-state index contributed by atoms with van der Waals surface area (Å²) in [7, 11) is -1.85. The molecular weight excluding hydrogens is 509 g/mol. The van der Waals surface area contributed by atoms with Crippen molar-refractivity contribution in [3.05, 3.63) is 70.9 Å². The number of benzene rings is 2. The van der Waals surface area contributed by atoms with Crippen LogP contribution in [0.4, 0.5) is 24.7 Å². The average molecular weight is 535 g/mol. The van der Waals surface area contributed by atoms with Gasteiger partial charge in [-0.3, -0.25) is 9.89 Å². The van der Waals surface area contributed by atoms with Gasteiger partial charge in [-0.05, 0) is 37.4 Å². The molecular formula is C24H25F3N6O3S. The van der Waals surface area contributed by atoms with Crippen LogP contribution in [0.25, 0.3) is 0 Å². The number of fused-ring (bicyclic) bond motifs is 1. The van der Waals surface area contributed by atoms with Crippen LogP contribution in [-0.2, 0) is 29.3 Å². The molecule has 0 atom stereocenters. The minimum absolute atomic E-state index is 0.00188. The highest BCUT2D eigenvalue weighted by Gasteiger charge is 2.38. The van der Waals surface area contributed by atoms with Crippen LogP contribution in [-0.4, -0.2) is 67.0 Å². The second-order valence-corrected chi connectivity index (χ2v) is 11.0. The number of halogens is 3. The van der Waals surface area contributed by atoms with Crippen molar-refractivity contribution in [2.24, 2.45) is 0 Å². The third-order valence-corrected chi connectivity index (χ3v) is 8.46. The summed E-state index contributed by atoms with van der Waals surface area (Å²) in [5, 5.41) is 9.15. The SMILES string of the molecule is CN1CCN(c2ccc(C(=O)Nc3n[nH]c4c3CN(S(=O)(=O)c3ccccc3)C4)c(C(F)(F)F)c2)CC1. The van der Waals surface area contributed by atoms with Crippen molar-refractivity contribution in [2.75, 3.05) is 43.4 Å². The van der Waals surface area contributed by atoms with E-state index in [0.29, 0.717) is 30.0 Å².